The number of hydrogen-bond acceptors (Lipinski definition) is 3. The maximum atomic E-state index is 6.87. The maximum Gasteiger partial charge on any atom is 0.141 e. The monoisotopic (exact) mass is 182 g/mol. The van der Waals surface area contributed by atoms with Gasteiger partial charge in [0.25, 0.3) is 0 Å². The molecule has 1 aromatic carbocycles. The standard InChI is InChI=1S/C10H15NO2/c1-11-9-6-8(7-12-2)4-5-10(9)13-3/h4-6,11H,7H2,1-3H3/i2D. The van der Waals surface area contributed by atoms with Crippen molar-refractivity contribution in [3.8, 4) is 5.75 Å². The molecule has 0 aliphatic rings. The van der Waals surface area contributed by atoms with Crippen molar-refractivity contribution in [2.45, 2.75) is 6.61 Å². The van der Waals surface area contributed by atoms with Gasteiger partial charge in [0.2, 0.25) is 0 Å². The van der Waals surface area contributed by atoms with Gasteiger partial charge in [0.15, 0.2) is 0 Å². The highest BCUT2D eigenvalue weighted by Gasteiger charge is 2.01. The van der Waals surface area contributed by atoms with Crippen molar-refractivity contribution in [2.24, 2.45) is 0 Å². The highest BCUT2D eigenvalue weighted by Crippen LogP contribution is 2.24. The van der Waals surface area contributed by atoms with Gasteiger partial charge in [-0.05, 0) is 17.7 Å². The van der Waals surface area contributed by atoms with E-state index in [1.807, 2.05) is 25.2 Å². The Morgan fingerprint density at radius 1 is 1.54 bits per heavy atom. The molecule has 0 aliphatic carbocycles. The zero-order valence-corrected chi connectivity index (χ0v) is 7.96. The lowest BCUT2D eigenvalue weighted by Crippen LogP contribution is -1.96. The normalized spacial score (nSPS) is 10.8. The fourth-order valence-electron chi connectivity index (χ4n) is 1.16. The molecule has 0 aromatic heterocycles. The minimum Gasteiger partial charge on any atom is -0.495 e. The molecular weight excluding hydrogens is 166 g/mol. The smallest absolute Gasteiger partial charge is 0.141 e. The summed E-state index contributed by atoms with van der Waals surface area (Å²) in [5.41, 5.74) is 1.96. The number of nitrogens with one attached hydrogen (secondary N) is 1. The van der Waals surface area contributed by atoms with Crippen LogP contribution in [0.3, 0.4) is 0 Å². The highest BCUT2D eigenvalue weighted by atomic mass is 16.5. The van der Waals surface area contributed by atoms with Crippen LogP contribution < -0.4 is 10.1 Å². The fourth-order valence-corrected chi connectivity index (χ4v) is 1.16. The van der Waals surface area contributed by atoms with E-state index in [2.05, 4.69) is 5.32 Å². The van der Waals surface area contributed by atoms with E-state index in [0.717, 1.165) is 17.0 Å². The molecule has 0 unspecified atom stereocenters. The van der Waals surface area contributed by atoms with E-state index in [1.165, 1.54) is 0 Å². The zero-order valence-electron chi connectivity index (χ0n) is 8.96. The van der Waals surface area contributed by atoms with Gasteiger partial charge in [-0.2, -0.15) is 0 Å². The van der Waals surface area contributed by atoms with Gasteiger partial charge in [0.05, 0.1) is 20.8 Å². The van der Waals surface area contributed by atoms with Crippen molar-refractivity contribution < 1.29 is 10.8 Å². The Labute approximate surface area is 80.1 Å². The lowest BCUT2D eigenvalue weighted by atomic mass is 10.2. The van der Waals surface area contributed by atoms with Crippen LogP contribution in [0.15, 0.2) is 18.2 Å². The van der Waals surface area contributed by atoms with Crippen LogP contribution in [0.4, 0.5) is 5.69 Å². The average Bonchev–Trinajstić information content (AvgIpc) is 2.25. The number of anilines is 1. The summed E-state index contributed by atoms with van der Waals surface area (Å²) in [7, 11) is 3.46. The predicted molar refractivity (Wildman–Crippen MR) is 53.3 cm³/mol. The minimum absolute atomic E-state index is 0.0130. The van der Waals surface area contributed by atoms with Crippen molar-refractivity contribution in [3.63, 3.8) is 0 Å². The van der Waals surface area contributed by atoms with Gasteiger partial charge in [-0.25, -0.2) is 0 Å². The summed E-state index contributed by atoms with van der Waals surface area (Å²) in [6, 6.07) is 5.76. The molecule has 1 N–H and O–H groups in total. The van der Waals surface area contributed by atoms with Gasteiger partial charge in [0, 0.05) is 14.1 Å². The van der Waals surface area contributed by atoms with Crippen molar-refractivity contribution in [2.75, 3.05) is 26.6 Å². The fraction of sp³-hybridized carbons (Fsp3) is 0.400. The Balaban J connectivity index is 2.79. The van der Waals surface area contributed by atoms with Crippen molar-refractivity contribution in [3.05, 3.63) is 23.8 Å². The first-order valence-electron chi connectivity index (χ1n) is 4.74. The van der Waals surface area contributed by atoms with Crippen LogP contribution in [0.2, 0.25) is 0 Å². The van der Waals surface area contributed by atoms with E-state index in [0.29, 0.717) is 6.61 Å². The van der Waals surface area contributed by atoms with Gasteiger partial charge >= 0.3 is 0 Å². The number of methoxy groups -OCH3 is 2. The number of ether oxygens (including phenoxy) is 2. The van der Waals surface area contributed by atoms with Crippen LogP contribution >= 0.6 is 0 Å². The SMILES string of the molecule is [2H]COCc1ccc(OC)c(NC)c1. The molecule has 0 heterocycles. The average molecular weight is 182 g/mol. The molecule has 0 atom stereocenters. The van der Waals surface area contributed by atoms with Gasteiger partial charge < -0.3 is 14.8 Å². The van der Waals surface area contributed by atoms with Gasteiger partial charge in [-0.15, -0.1) is 0 Å². The molecule has 0 saturated heterocycles. The Morgan fingerprint density at radius 2 is 2.38 bits per heavy atom. The third-order valence-electron chi connectivity index (χ3n) is 1.80. The summed E-state index contributed by atoms with van der Waals surface area (Å²) in [6.45, 7) is 0.460. The summed E-state index contributed by atoms with van der Waals surface area (Å²) < 4.78 is 17.0. The van der Waals surface area contributed by atoms with Gasteiger partial charge in [0.1, 0.15) is 5.75 Å². The number of rotatable bonds is 4. The van der Waals surface area contributed by atoms with E-state index >= 15 is 0 Å². The second-order valence-electron chi connectivity index (χ2n) is 2.63. The van der Waals surface area contributed by atoms with Crippen molar-refractivity contribution >= 4 is 5.69 Å². The molecule has 13 heavy (non-hydrogen) atoms. The first-order valence-corrected chi connectivity index (χ1v) is 4.03. The molecule has 0 saturated carbocycles. The van der Waals surface area contributed by atoms with Crippen LogP contribution in [0.1, 0.15) is 6.93 Å². The molecule has 0 bridgehead atoms. The number of hydrogen-bond donors (Lipinski definition) is 1. The molecule has 0 fully saturated rings. The molecule has 0 spiro atoms. The Hall–Kier alpha value is -1.22. The summed E-state index contributed by atoms with van der Waals surface area (Å²) in [5, 5.41) is 3.04. The Kier molecular flexibility index (Phi) is 3.04. The molecular formula is C10H15NO2. The Morgan fingerprint density at radius 3 is 3.00 bits per heavy atom. The summed E-state index contributed by atoms with van der Waals surface area (Å²) in [4.78, 5) is 0. The minimum atomic E-state index is -0.0130. The third-order valence-corrected chi connectivity index (χ3v) is 1.80. The van der Waals surface area contributed by atoms with E-state index in [9.17, 15) is 0 Å². The van der Waals surface area contributed by atoms with E-state index in [-0.39, 0.29) is 7.09 Å². The topological polar surface area (TPSA) is 30.5 Å². The highest BCUT2D eigenvalue weighted by molar-refractivity contribution is 5.57. The van der Waals surface area contributed by atoms with Crippen LogP contribution in [0.5, 0.6) is 5.75 Å². The first kappa shape index (κ1) is 8.38. The molecule has 0 aliphatic heterocycles. The first-order chi connectivity index (χ1) is 6.81. The summed E-state index contributed by atoms with van der Waals surface area (Å²) >= 11 is 0. The largest absolute Gasteiger partial charge is 0.495 e. The summed E-state index contributed by atoms with van der Waals surface area (Å²) in [5.74, 6) is 0.808. The zero-order chi connectivity index (χ0) is 10.4. The molecule has 72 valence electrons. The quantitative estimate of drug-likeness (QED) is 0.771. The molecule has 1 aromatic rings. The second-order valence-corrected chi connectivity index (χ2v) is 2.63. The third kappa shape index (κ3) is 2.36. The van der Waals surface area contributed by atoms with Crippen LogP contribution in [0.25, 0.3) is 0 Å². The molecule has 3 heteroatoms. The summed E-state index contributed by atoms with van der Waals surface area (Å²) in [6.07, 6.45) is 0. The molecule has 0 amide bonds. The molecule has 3 nitrogen and oxygen atoms in total. The predicted octanol–water partition coefficient (Wildman–Crippen LogP) is 1.88. The lowest BCUT2D eigenvalue weighted by Gasteiger charge is -2.09. The van der Waals surface area contributed by atoms with E-state index in [4.69, 9.17) is 10.8 Å². The van der Waals surface area contributed by atoms with Gasteiger partial charge in [-0.3, -0.25) is 0 Å². The van der Waals surface area contributed by atoms with E-state index in [1.54, 1.807) is 7.11 Å². The lowest BCUT2D eigenvalue weighted by molar-refractivity contribution is 0.185. The second kappa shape index (κ2) is 4.72. The van der Waals surface area contributed by atoms with Crippen molar-refractivity contribution in [1.82, 2.24) is 0 Å². The van der Waals surface area contributed by atoms with Crippen molar-refractivity contribution in [1.29, 1.82) is 0 Å². The number of benzene rings is 1. The van der Waals surface area contributed by atoms with Crippen LogP contribution in [-0.4, -0.2) is 21.2 Å². The molecule has 1 rings (SSSR count). The molecule has 0 radical (unpaired) electrons. The van der Waals surface area contributed by atoms with Crippen LogP contribution in [0, 0.1) is 0 Å². The van der Waals surface area contributed by atoms with E-state index < -0.39 is 0 Å². The Bertz CT molecular complexity index is 291. The van der Waals surface area contributed by atoms with Gasteiger partial charge in [-0.1, -0.05) is 6.07 Å². The van der Waals surface area contributed by atoms with Crippen LogP contribution in [-0.2, 0) is 11.3 Å². The maximum absolute atomic E-state index is 6.87.